The number of benzene rings is 3. The van der Waals surface area contributed by atoms with E-state index in [1.165, 1.54) is 7.11 Å². The summed E-state index contributed by atoms with van der Waals surface area (Å²) in [5, 5.41) is 11.4. The first-order valence-corrected chi connectivity index (χ1v) is 9.75. The summed E-state index contributed by atoms with van der Waals surface area (Å²) in [5.74, 6) is 1.23. The molecule has 29 heavy (non-hydrogen) atoms. The maximum atomic E-state index is 10.4. The zero-order chi connectivity index (χ0) is 20.4. The molecule has 6 heteroatoms. The minimum Gasteiger partial charge on any atom is -0.504 e. The van der Waals surface area contributed by atoms with Crippen molar-refractivity contribution in [2.24, 2.45) is 4.99 Å². The maximum Gasteiger partial charge on any atom is 0.165 e. The van der Waals surface area contributed by atoms with Crippen LogP contribution in [0.5, 0.6) is 11.5 Å². The molecule has 146 valence electrons. The Morgan fingerprint density at radius 2 is 1.83 bits per heavy atom. The molecule has 1 N–H and O–H groups in total. The number of hydrogen-bond donors (Lipinski definition) is 1. The van der Waals surface area contributed by atoms with Gasteiger partial charge in [-0.3, -0.25) is 0 Å². The van der Waals surface area contributed by atoms with E-state index in [0.29, 0.717) is 27.9 Å². The molecule has 3 aromatic carbocycles. The summed E-state index contributed by atoms with van der Waals surface area (Å²) < 4.78 is 5.19. The first-order valence-electron chi connectivity index (χ1n) is 9.00. The van der Waals surface area contributed by atoms with Crippen LogP contribution in [0.4, 0.5) is 11.4 Å². The zero-order valence-corrected chi connectivity index (χ0v) is 17.2. The van der Waals surface area contributed by atoms with Crippen LogP contribution in [0.1, 0.15) is 11.1 Å². The number of aliphatic imine (C=N–C) groups is 1. The maximum absolute atomic E-state index is 10.4. The molecular weight excluding hydrogens is 407 g/mol. The molecule has 4 rings (SSSR count). The molecule has 1 aliphatic heterocycles. The Balaban J connectivity index is 1.76. The van der Waals surface area contributed by atoms with Crippen molar-refractivity contribution >= 4 is 46.5 Å². The number of halogens is 2. The van der Waals surface area contributed by atoms with Gasteiger partial charge in [-0.2, -0.15) is 0 Å². The lowest BCUT2D eigenvalue weighted by atomic mass is 10.1. The van der Waals surface area contributed by atoms with Crippen LogP contribution >= 0.6 is 23.2 Å². The number of methoxy groups -OCH3 is 1. The average molecular weight is 425 g/mol. The lowest BCUT2D eigenvalue weighted by molar-refractivity contribution is 0.373. The van der Waals surface area contributed by atoms with Gasteiger partial charge in [0, 0.05) is 11.3 Å². The van der Waals surface area contributed by atoms with Crippen molar-refractivity contribution in [1.82, 2.24) is 0 Å². The van der Waals surface area contributed by atoms with Crippen LogP contribution in [0.25, 0.3) is 6.08 Å². The molecule has 0 aliphatic carbocycles. The van der Waals surface area contributed by atoms with Crippen LogP contribution in [0.3, 0.4) is 0 Å². The van der Waals surface area contributed by atoms with Crippen LogP contribution in [-0.4, -0.2) is 18.1 Å². The molecule has 0 amide bonds. The van der Waals surface area contributed by atoms with Gasteiger partial charge in [0.15, 0.2) is 11.5 Å². The number of ether oxygens (including phenoxy) is 1. The Morgan fingerprint density at radius 3 is 2.62 bits per heavy atom. The predicted molar refractivity (Wildman–Crippen MR) is 120 cm³/mol. The quantitative estimate of drug-likeness (QED) is 0.521. The van der Waals surface area contributed by atoms with Crippen LogP contribution in [0, 0.1) is 0 Å². The van der Waals surface area contributed by atoms with E-state index in [1.54, 1.807) is 12.1 Å². The predicted octanol–water partition coefficient (Wildman–Crippen LogP) is 6.47. The van der Waals surface area contributed by atoms with E-state index in [4.69, 9.17) is 32.9 Å². The standard InChI is InChI=1S/C23H18Cl2N2O2/c1-29-21-8-4-6-15(23(21)28)9-12-22-26-20-7-3-2-5-16(20)14-27(22)17-10-11-18(24)19(25)13-17/h2-13,28H,14H2,1H3. The van der Waals surface area contributed by atoms with E-state index in [0.717, 1.165) is 22.8 Å². The van der Waals surface area contributed by atoms with Crippen LogP contribution in [-0.2, 0) is 6.54 Å². The number of hydrogen-bond acceptors (Lipinski definition) is 4. The van der Waals surface area contributed by atoms with E-state index in [2.05, 4.69) is 11.0 Å². The molecule has 0 atom stereocenters. The van der Waals surface area contributed by atoms with E-state index in [1.807, 2.05) is 54.6 Å². The smallest absolute Gasteiger partial charge is 0.165 e. The normalized spacial score (nSPS) is 13.3. The largest absolute Gasteiger partial charge is 0.504 e. The Morgan fingerprint density at radius 1 is 1.00 bits per heavy atom. The van der Waals surface area contributed by atoms with Crippen molar-refractivity contribution in [2.45, 2.75) is 6.54 Å². The summed E-state index contributed by atoms with van der Waals surface area (Å²) in [6.45, 7) is 0.640. The highest BCUT2D eigenvalue weighted by molar-refractivity contribution is 6.42. The summed E-state index contributed by atoms with van der Waals surface area (Å²) in [6, 6.07) is 18.9. The number of para-hydroxylation sites is 2. The van der Waals surface area contributed by atoms with Crippen molar-refractivity contribution in [3.63, 3.8) is 0 Å². The van der Waals surface area contributed by atoms with Crippen molar-refractivity contribution in [1.29, 1.82) is 0 Å². The molecule has 1 heterocycles. The Hall–Kier alpha value is -2.95. The fourth-order valence-corrected chi connectivity index (χ4v) is 3.49. The SMILES string of the molecule is COc1cccc(C=CC2=Nc3ccccc3CN2c2ccc(Cl)c(Cl)c2)c1O. The molecule has 3 aromatic rings. The highest BCUT2D eigenvalue weighted by Crippen LogP contribution is 2.34. The number of amidine groups is 1. The second kappa shape index (κ2) is 8.19. The molecule has 0 fully saturated rings. The molecule has 4 nitrogen and oxygen atoms in total. The first-order chi connectivity index (χ1) is 14.1. The van der Waals surface area contributed by atoms with Gasteiger partial charge in [0.25, 0.3) is 0 Å². The van der Waals surface area contributed by atoms with Crippen molar-refractivity contribution in [2.75, 3.05) is 12.0 Å². The number of nitrogens with zero attached hydrogens (tertiary/aromatic N) is 2. The van der Waals surface area contributed by atoms with Gasteiger partial charge in [-0.15, -0.1) is 0 Å². The van der Waals surface area contributed by atoms with Gasteiger partial charge < -0.3 is 14.7 Å². The number of phenols is 1. The second-order valence-corrected chi connectivity index (χ2v) is 7.33. The van der Waals surface area contributed by atoms with E-state index in [9.17, 15) is 5.11 Å². The molecule has 0 bridgehead atoms. The van der Waals surface area contributed by atoms with Gasteiger partial charge in [-0.1, -0.05) is 53.5 Å². The van der Waals surface area contributed by atoms with Crippen LogP contribution < -0.4 is 9.64 Å². The van der Waals surface area contributed by atoms with Crippen molar-refractivity contribution in [3.8, 4) is 11.5 Å². The molecule has 0 aromatic heterocycles. The Kier molecular flexibility index (Phi) is 5.47. The molecule has 0 saturated heterocycles. The van der Waals surface area contributed by atoms with E-state index in [-0.39, 0.29) is 5.75 Å². The summed E-state index contributed by atoms with van der Waals surface area (Å²) in [5.41, 5.74) is 3.55. The molecule has 1 aliphatic rings. The number of fused-ring (bicyclic) bond motifs is 1. The van der Waals surface area contributed by atoms with Gasteiger partial charge in [-0.25, -0.2) is 4.99 Å². The molecule has 0 radical (unpaired) electrons. The number of anilines is 1. The van der Waals surface area contributed by atoms with Crippen LogP contribution in [0.15, 0.2) is 71.7 Å². The first kappa shape index (κ1) is 19.4. The second-order valence-electron chi connectivity index (χ2n) is 6.51. The summed E-state index contributed by atoms with van der Waals surface area (Å²) in [6.07, 6.45) is 3.68. The average Bonchev–Trinajstić information content (AvgIpc) is 2.74. The number of aromatic hydroxyl groups is 1. The lowest BCUT2D eigenvalue weighted by Crippen LogP contribution is -2.31. The molecule has 0 unspecified atom stereocenters. The van der Waals surface area contributed by atoms with Gasteiger partial charge in [0.1, 0.15) is 5.84 Å². The van der Waals surface area contributed by atoms with Gasteiger partial charge in [-0.05, 0) is 48.0 Å². The molecule has 0 saturated carbocycles. The minimum absolute atomic E-state index is 0.0872. The summed E-state index contributed by atoms with van der Waals surface area (Å²) >= 11 is 12.3. The number of phenolic OH excluding ortho intramolecular Hbond substituents is 1. The highest BCUT2D eigenvalue weighted by atomic mass is 35.5. The summed E-state index contributed by atoms with van der Waals surface area (Å²) in [7, 11) is 1.52. The van der Waals surface area contributed by atoms with Crippen molar-refractivity contribution < 1.29 is 9.84 Å². The topological polar surface area (TPSA) is 45.1 Å². The third-order valence-electron chi connectivity index (χ3n) is 4.71. The monoisotopic (exact) mass is 424 g/mol. The van der Waals surface area contributed by atoms with E-state index >= 15 is 0 Å². The lowest BCUT2D eigenvalue weighted by Gasteiger charge is -2.29. The molecule has 0 spiro atoms. The number of rotatable bonds is 4. The van der Waals surface area contributed by atoms with Gasteiger partial charge in [0.2, 0.25) is 0 Å². The third-order valence-corrected chi connectivity index (χ3v) is 5.45. The Labute approximate surface area is 179 Å². The molecular formula is C23H18Cl2N2O2. The Bertz CT molecular complexity index is 1130. The van der Waals surface area contributed by atoms with Crippen molar-refractivity contribution in [3.05, 3.63) is 87.9 Å². The van der Waals surface area contributed by atoms with E-state index < -0.39 is 0 Å². The van der Waals surface area contributed by atoms with Crippen LogP contribution in [0.2, 0.25) is 10.0 Å². The highest BCUT2D eigenvalue weighted by Gasteiger charge is 2.20. The minimum atomic E-state index is 0.0872. The third kappa shape index (κ3) is 3.95. The van der Waals surface area contributed by atoms with Gasteiger partial charge in [0.05, 0.1) is 29.4 Å². The fourth-order valence-electron chi connectivity index (χ4n) is 3.20. The van der Waals surface area contributed by atoms with Gasteiger partial charge >= 0.3 is 0 Å². The fraction of sp³-hybridized carbons (Fsp3) is 0.0870. The summed E-state index contributed by atoms with van der Waals surface area (Å²) in [4.78, 5) is 6.86. The zero-order valence-electron chi connectivity index (χ0n) is 15.6.